The number of nitrogens with one attached hydrogen (secondary N) is 2. The molecule has 1 saturated heterocycles. The Morgan fingerprint density at radius 2 is 1.85 bits per heavy atom. The zero-order chi connectivity index (χ0) is 14.8. The average Bonchev–Trinajstić information content (AvgIpc) is 2.73. The van der Waals surface area contributed by atoms with E-state index in [2.05, 4.69) is 10.6 Å². The number of carbonyl (C=O) groups is 2. The van der Waals surface area contributed by atoms with E-state index in [1.165, 1.54) is 12.8 Å². The van der Waals surface area contributed by atoms with E-state index in [1.54, 1.807) is 7.11 Å². The molecule has 2 N–H and O–H groups in total. The van der Waals surface area contributed by atoms with Crippen molar-refractivity contribution in [3.63, 3.8) is 0 Å². The van der Waals surface area contributed by atoms with Crippen molar-refractivity contribution >= 4 is 11.8 Å². The van der Waals surface area contributed by atoms with Crippen molar-refractivity contribution < 1.29 is 14.3 Å². The lowest BCUT2D eigenvalue weighted by Crippen LogP contribution is -2.48. The van der Waals surface area contributed by atoms with Crippen LogP contribution in [0.15, 0.2) is 0 Å². The highest BCUT2D eigenvalue weighted by Gasteiger charge is 2.21. The van der Waals surface area contributed by atoms with Gasteiger partial charge in [0.1, 0.15) is 0 Å². The highest BCUT2D eigenvalue weighted by atomic mass is 16.5. The van der Waals surface area contributed by atoms with Crippen molar-refractivity contribution in [2.75, 3.05) is 39.9 Å². The van der Waals surface area contributed by atoms with Crippen molar-refractivity contribution in [3.05, 3.63) is 0 Å². The predicted molar refractivity (Wildman–Crippen MR) is 77.4 cm³/mol. The van der Waals surface area contributed by atoms with Crippen LogP contribution in [0.2, 0.25) is 0 Å². The minimum absolute atomic E-state index is 0.0941. The van der Waals surface area contributed by atoms with Crippen LogP contribution in [0.1, 0.15) is 32.6 Å². The maximum Gasteiger partial charge on any atom is 0.239 e. The molecule has 1 aliphatic rings. The van der Waals surface area contributed by atoms with E-state index in [4.69, 9.17) is 4.74 Å². The number of hydrogen-bond donors (Lipinski definition) is 2. The Balaban J connectivity index is 2.24. The summed E-state index contributed by atoms with van der Waals surface area (Å²) in [5.41, 5.74) is 0. The van der Waals surface area contributed by atoms with Crippen LogP contribution < -0.4 is 10.6 Å². The largest absolute Gasteiger partial charge is 0.383 e. The molecule has 1 unspecified atom stereocenters. The number of amides is 2. The first-order chi connectivity index (χ1) is 9.65. The van der Waals surface area contributed by atoms with Crippen molar-refractivity contribution in [2.45, 2.75) is 38.6 Å². The molecule has 1 rings (SSSR count). The first-order valence-corrected chi connectivity index (χ1v) is 7.43. The minimum Gasteiger partial charge on any atom is -0.383 e. The van der Waals surface area contributed by atoms with Gasteiger partial charge in [0.05, 0.1) is 19.2 Å². The summed E-state index contributed by atoms with van der Waals surface area (Å²) in [6.45, 7) is 4.63. The molecule has 0 aromatic rings. The van der Waals surface area contributed by atoms with Crippen LogP contribution in [0.3, 0.4) is 0 Å². The molecule has 116 valence electrons. The second kappa shape index (κ2) is 9.72. The summed E-state index contributed by atoms with van der Waals surface area (Å²) in [5.74, 6) is -0.0193. The molecule has 1 fully saturated rings. The topological polar surface area (TPSA) is 70.7 Å². The predicted octanol–water partition coefficient (Wildman–Crippen LogP) is 0.130. The van der Waals surface area contributed by atoms with Gasteiger partial charge in [0.15, 0.2) is 0 Å². The van der Waals surface area contributed by atoms with E-state index in [1.807, 2.05) is 11.8 Å². The third-order valence-corrected chi connectivity index (χ3v) is 3.49. The van der Waals surface area contributed by atoms with Crippen LogP contribution in [0.25, 0.3) is 0 Å². The molecule has 0 aromatic heterocycles. The molecule has 6 nitrogen and oxygen atoms in total. The monoisotopic (exact) mass is 285 g/mol. The van der Waals surface area contributed by atoms with E-state index in [0.717, 1.165) is 25.9 Å². The molecule has 0 saturated carbocycles. The van der Waals surface area contributed by atoms with Gasteiger partial charge in [-0.1, -0.05) is 12.8 Å². The Labute approximate surface area is 121 Å². The van der Waals surface area contributed by atoms with Gasteiger partial charge in [-0.2, -0.15) is 0 Å². The molecular formula is C14H27N3O3. The lowest BCUT2D eigenvalue weighted by Gasteiger charge is -2.24. The molecule has 6 heteroatoms. The Kier molecular flexibility index (Phi) is 8.22. The van der Waals surface area contributed by atoms with Gasteiger partial charge < -0.3 is 15.0 Å². The highest BCUT2D eigenvalue weighted by molar-refractivity contribution is 5.83. The van der Waals surface area contributed by atoms with Crippen molar-refractivity contribution in [3.8, 4) is 0 Å². The summed E-state index contributed by atoms with van der Waals surface area (Å²) in [7, 11) is 1.59. The van der Waals surface area contributed by atoms with Crippen molar-refractivity contribution in [2.24, 2.45) is 0 Å². The number of ether oxygens (including phenoxy) is 1. The second-order valence-electron chi connectivity index (χ2n) is 5.18. The molecule has 1 aliphatic heterocycles. The number of likely N-dealkylation sites (tertiary alicyclic amines) is 1. The zero-order valence-electron chi connectivity index (χ0n) is 12.6. The number of nitrogens with zero attached hydrogens (tertiary/aromatic N) is 1. The van der Waals surface area contributed by atoms with Crippen LogP contribution >= 0.6 is 0 Å². The fourth-order valence-corrected chi connectivity index (χ4v) is 2.25. The van der Waals surface area contributed by atoms with Crippen molar-refractivity contribution in [1.82, 2.24) is 15.5 Å². The molecule has 1 atom stereocenters. The Bertz CT molecular complexity index is 302. The first-order valence-electron chi connectivity index (χ1n) is 7.43. The lowest BCUT2D eigenvalue weighted by molar-refractivity contribution is -0.133. The standard InChI is InChI=1S/C14H27N3O3/c1-12(16-11-13(18)15-7-10-20-2)14(19)17-8-5-3-4-6-9-17/h12,16H,3-11H2,1-2H3,(H,15,18). The van der Waals surface area contributed by atoms with Crippen LogP contribution in [0.4, 0.5) is 0 Å². The normalized spacial score (nSPS) is 17.4. The third-order valence-electron chi connectivity index (χ3n) is 3.49. The smallest absolute Gasteiger partial charge is 0.239 e. The van der Waals surface area contributed by atoms with Crippen LogP contribution in [0, 0.1) is 0 Å². The number of carbonyl (C=O) groups excluding carboxylic acids is 2. The maximum atomic E-state index is 12.2. The Morgan fingerprint density at radius 3 is 2.45 bits per heavy atom. The second-order valence-corrected chi connectivity index (χ2v) is 5.18. The van der Waals surface area contributed by atoms with Crippen LogP contribution in [-0.2, 0) is 14.3 Å². The summed E-state index contributed by atoms with van der Waals surface area (Å²) in [5, 5.41) is 5.70. The fourth-order valence-electron chi connectivity index (χ4n) is 2.25. The summed E-state index contributed by atoms with van der Waals surface area (Å²) in [4.78, 5) is 25.7. The summed E-state index contributed by atoms with van der Waals surface area (Å²) in [6, 6.07) is -0.318. The number of methoxy groups -OCH3 is 1. The average molecular weight is 285 g/mol. The van der Waals surface area contributed by atoms with E-state index in [-0.39, 0.29) is 24.4 Å². The van der Waals surface area contributed by atoms with Gasteiger partial charge in [0.2, 0.25) is 11.8 Å². The summed E-state index contributed by atoms with van der Waals surface area (Å²) < 4.78 is 4.85. The van der Waals surface area contributed by atoms with Gasteiger partial charge in [-0.05, 0) is 19.8 Å². The van der Waals surface area contributed by atoms with Gasteiger partial charge >= 0.3 is 0 Å². The lowest BCUT2D eigenvalue weighted by atomic mass is 10.2. The maximum absolute atomic E-state index is 12.2. The molecule has 20 heavy (non-hydrogen) atoms. The quantitative estimate of drug-likeness (QED) is 0.652. The molecule has 0 spiro atoms. The van der Waals surface area contributed by atoms with Gasteiger partial charge in [-0.15, -0.1) is 0 Å². The van der Waals surface area contributed by atoms with E-state index >= 15 is 0 Å². The third kappa shape index (κ3) is 6.34. The van der Waals surface area contributed by atoms with Crippen LogP contribution in [0.5, 0.6) is 0 Å². The summed E-state index contributed by atoms with van der Waals surface area (Å²) in [6.07, 6.45) is 4.56. The number of hydrogen-bond acceptors (Lipinski definition) is 4. The van der Waals surface area contributed by atoms with Crippen molar-refractivity contribution in [1.29, 1.82) is 0 Å². The zero-order valence-corrected chi connectivity index (χ0v) is 12.6. The fraction of sp³-hybridized carbons (Fsp3) is 0.857. The Hall–Kier alpha value is -1.14. The van der Waals surface area contributed by atoms with Gasteiger partial charge in [0.25, 0.3) is 0 Å². The highest BCUT2D eigenvalue weighted by Crippen LogP contribution is 2.10. The molecular weight excluding hydrogens is 258 g/mol. The number of rotatable bonds is 7. The van der Waals surface area contributed by atoms with E-state index < -0.39 is 0 Å². The van der Waals surface area contributed by atoms with Crippen LogP contribution in [-0.4, -0.2) is 62.7 Å². The van der Waals surface area contributed by atoms with Gasteiger partial charge in [0, 0.05) is 26.7 Å². The van der Waals surface area contributed by atoms with E-state index in [9.17, 15) is 9.59 Å². The SMILES string of the molecule is COCCNC(=O)CNC(C)C(=O)N1CCCCCC1. The molecule has 0 bridgehead atoms. The molecule has 0 aliphatic carbocycles. The first kappa shape index (κ1) is 16.9. The molecule has 1 heterocycles. The minimum atomic E-state index is -0.318. The van der Waals surface area contributed by atoms with E-state index in [0.29, 0.717) is 13.2 Å². The molecule has 0 radical (unpaired) electrons. The van der Waals surface area contributed by atoms with Gasteiger partial charge in [-0.3, -0.25) is 14.9 Å². The Morgan fingerprint density at radius 1 is 1.20 bits per heavy atom. The molecule has 0 aromatic carbocycles. The summed E-state index contributed by atoms with van der Waals surface area (Å²) >= 11 is 0. The van der Waals surface area contributed by atoms with Gasteiger partial charge in [-0.25, -0.2) is 0 Å². The molecule has 2 amide bonds.